The van der Waals surface area contributed by atoms with E-state index in [1.807, 2.05) is 24.3 Å². The summed E-state index contributed by atoms with van der Waals surface area (Å²) in [4.78, 5) is 58.1. The van der Waals surface area contributed by atoms with Crippen LogP contribution in [0, 0.1) is 0 Å². The summed E-state index contributed by atoms with van der Waals surface area (Å²) < 4.78 is 5.83. The molecule has 4 aromatic carbocycles. The van der Waals surface area contributed by atoms with Gasteiger partial charge < -0.3 is 9.57 Å². The van der Waals surface area contributed by atoms with E-state index in [1.165, 1.54) is 23.1 Å². The molecular formula is C32H22N2O6. The van der Waals surface area contributed by atoms with Gasteiger partial charge in [-0.05, 0) is 58.5 Å². The van der Waals surface area contributed by atoms with Gasteiger partial charge in [0.1, 0.15) is 6.61 Å². The van der Waals surface area contributed by atoms with Crippen molar-refractivity contribution < 1.29 is 28.8 Å². The van der Waals surface area contributed by atoms with Crippen LogP contribution in [0.5, 0.6) is 0 Å². The number of carbonyl (C=O) groups excluding carboxylic acids is 4. The molecular weight excluding hydrogens is 508 g/mol. The Morgan fingerprint density at radius 1 is 0.750 bits per heavy atom. The first-order chi connectivity index (χ1) is 19.5. The lowest BCUT2D eigenvalue weighted by Gasteiger charge is -2.20. The van der Waals surface area contributed by atoms with Crippen molar-refractivity contribution in [3.8, 4) is 11.1 Å². The van der Waals surface area contributed by atoms with E-state index in [0.29, 0.717) is 23.7 Å². The topological polar surface area (TPSA) is 93.2 Å². The minimum absolute atomic E-state index is 0.0700. The molecule has 0 saturated heterocycles. The van der Waals surface area contributed by atoms with Crippen LogP contribution in [0.2, 0.25) is 0 Å². The van der Waals surface area contributed by atoms with Gasteiger partial charge in [-0.25, -0.2) is 9.59 Å². The Morgan fingerprint density at radius 2 is 1.32 bits per heavy atom. The van der Waals surface area contributed by atoms with Crippen LogP contribution in [0.25, 0.3) is 11.1 Å². The van der Waals surface area contributed by atoms with Crippen LogP contribution in [0.3, 0.4) is 0 Å². The van der Waals surface area contributed by atoms with Gasteiger partial charge in [0.2, 0.25) is 0 Å². The second-order valence-electron chi connectivity index (χ2n) is 9.88. The Labute approximate surface area is 229 Å². The summed E-state index contributed by atoms with van der Waals surface area (Å²) in [7, 11) is 0. The third kappa shape index (κ3) is 3.68. The van der Waals surface area contributed by atoms with Crippen molar-refractivity contribution in [1.29, 1.82) is 0 Å². The molecule has 0 aromatic heterocycles. The molecule has 7 rings (SSSR count). The van der Waals surface area contributed by atoms with Crippen LogP contribution in [-0.4, -0.2) is 42.1 Å². The van der Waals surface area contributed by atoms with Crippen LogP contribution < -0.4 is 4.90 Å². The number of fused-ring (bicyclic) bond motifs is 5. The normalized spacial score (nSPS) is 15.0. The number of benzene rings is 4. The standard InChI is InChI=1S/C32H22N2O6/c35-29-25-11-5-6-12-26(25)30(36)34(29)40-31(37)20-14-13-19-15-16-33(28(19)17-20)32(38)39-18-27-23-9-3-1-7-21(23)22-8-2-4-10-24(22)27/h1-14,17,27H,15-16,18H2. The molecule has 3 aliphatic rings. The maximum absolute atomic E-state index is 13.3. The van der Waals surface area contributed by atoms with E-state index in [4.69, 9.17) is 9.57 Å². The number of carbonyl (C=O) groups is 4. The number of hydroxylamine groups is 2. The molecule has 0 bridgehead atoms. The average Bonchev–Trinajstić information content (AvgIpc) is 3.63. The van der Waals surface area contributed by atoms with Crippen molar-refractivity contribution in [2.45, 2.75) is 12.3 Å². The molecule has 8 heteroatoms. The van der Waals surface area contributed by atoms with Crippen LogP contribution in [0.15, 0.2) is 91.0 Å². The number of ether oxygens (including phenoxy) is 1. The van der Waals surface area contributed by atoms with Crippen molar-refractivity contribution in [2.24, 2.45) is 0 Å². The summed E-state index contributed by atoms with van der Waals surface area (Å²) >= 11 is 0. The predicted octanol–water partition coefficient (Wildman–Crippen LogP) is 5.37. The lowest BCUT2D eigenvalue weighted by atomic mass is 9.98. The quantitative estimate of drug-likeness (QED) is 0.330. The maximum Gasteiger partial charge on any atom is 0.414 e. The molecule has 2 heterocycles. The molecule has 4 aromatic rings. The third-order valence-electron chi connectivity index (χ3n) is 7.70. The van der Waals surface area contributed by atoms with Crippen molar-refractivity contribution in [3.05, 3.63) is 124 Å². The van der Waals surface area contributed by atoms with E-state index in [1.54, 1.807) is 24.3 Å². The lowest BCUT2D eigenvalue weighted by Crippen LogP contribution is -2.33. The van der Waals surface area contributed by atoms with Crippen LogP contribution >= 0.6 is 0 Å². The van der Waals surface area contributed by atoms with E-state index < -0.39 is 23.9 Å². The fourth-order valence-corrected chi connectivity index (χ4v) is 5.75. The molecule has 0 spiro atoms. The van der Waals surface area contributed by atoms with Crippen LogP contribution in [0.1, 0.15) is 53.7 Å². The zero-order chi connectivity index (χ0) is 27.4. The highest BCUT2D eigenvalue weighted by molar-refractivity contribution is 6.21. The highest BCUT2D eigenvalue weighted by atomic mass is 16.7. The Morgan fingerprint density at radius 3 is 1.95 bits per heavy atom. The zero-order valence-electron chi connectivity index (χ0n) is 21.2. The van der Waals surface area contributed by atoms with E-state index >= 15 is 0 Å². The summed E-state index contributed by atoms with van der Waals surface area (Å²) in [6.07, 6.45) is 0.0965. The molecule has 8 nitrogen and oxygen atoms in total. The van der Waals surface area contributed by atoms with Gasteiger partial charge in [-0.3, -0.25) is 14.5 Å². The highest BCUT2D eigenvalue weighted by Crippen LogP contribution is 2.44. The second kappa shape index (κ2) is 9.20. The Bertz CT molecular complexity index is 1660. The second-order valence-corrected chi connectivity index (χ2v) is 9.88. The molecule has 0 unspecified atom stereocenters. The minimum Gasteiger partial charge on any atom is -0.448 e. The highest BCUT2D eigenvalue weighted by Gasteiger charge is 2.39. The molecule has 2 aliphatic heterocycles. The molecule has 0 atom stereocenters. The van der Waals surface area contributed by atoms with Crippen LogP contribution in [-0.2, 0) is 16.0 Å². The van der Waals surface area contributed by atoms with Gasteiger partial charge in [0, 0.05) is 12.5 Å². The van der Waals surface area contributed by atoms with Gasteiger partial charge in [0.25, 0.3) is 11.8 Å². The summed E-state index contributed by atoms with van der Waals surface area (Å²) in [6, 6.07) is 27.4. The number of amides is 3. The van der Waals surface area contributed by atoms with Crippen molar-refractivity contribution in [2.75, 3.05) is 18.1 Å². The molecule has 0 saturated carbocycles. The Balaban J connectivity index is 1.07. The summed E-state index contributed by atoms with van der Waals surface area (Å²) in [5.74, 6) is -2.35. The van der Waals surface area contributed by atoms with Crippen LogP contribution in [0.4, 0.5) is 10.5 Å². The third-order valence-corrected chi connectivity index (χ3v) is 7.70. The number of rotatable bonds is 4. The van der Waals surface area contributed by atoms with Crippen molar-refractivity contribution >= 4 is 29.6 Å². The van der Waals surface area contributed by atoms with Gasteiger partial charge in [-0.1, -0.05) is 71.8 Å². The minimum atomic E-state index is -0.878. The molecule has 0 radical (unpaired) electrons. The molecule has 40 heavy (non-hydrogen) atoms. The van der Waals surface area contributed by atoms with Gasteiger partial charge >= 0.3 is 12.1 Å². The SMILES string of the molecule is O=C(ON1C(=O)c2ccccc2C1=O)c1ccc2c(c1)N(C(=O)OCC1c3ccccc3-c3ccccc31)CC2. The number of nitrogens with zero attached hydrogens (tertiary/aromatic N) is 2. The fraction of sp³-hybridized carbons (Fsp3) is 0.125. The van der Waals surface area contributed by atoms with Gasteiger partial charge in [-0.15, -0.1) is 0 Å². The van der Waals surface area contributed by atoms with E-state index in [9.17, 15) is 19.2 Å². The lowest BCUT2D eigenvalue weighted by molar-refractivity contribution is -0.0584. The summed E-state index contributed by atoms with van der Waals surface area (Å²) in [5, 5.41) is 0.476. The maximum atomic E-state index is 13.3. The molecule has 0 N–H and O–H groups in total. The van der Waals surface area contributed by atoms with E-state index in [-0.39, 0.29) is 29.2 Å². The monoisotopic (exact) mass is 530 g/mol. The first-order valence-electron chi connectivity index (χ1n) is 13.0. The van der Waals surface area contributed by atoms with Gasteiger partial charge in [0.15, 0.2) is 0 Å². The smallest absolute Gasteiger partial charge is 0.414 e. The molecule has 196 valence electrons. The average molecular weight is 531 g/mol. The number of anilines is 1. The van der Waals surface area contributed by atoms with E-state index in [0.717, 1.165) is 27.8 Å². The Hall–Kier alpha value is -5.24. The predicted molar refractivity (Wildman–Crippen MR) is 145 cm³/mol. The van der Waals surface area contributed by atoms with Crippen molar-refractivity contribution in [3.63, 3.8) is 0 Å². The fourth-order valence-electron chi connectivity index (χ4n) is 5.75. The molecule has 3 amide bonds. The number of hydrogen-bond donors (Lipinski definition) is 0. The summed E-state index contributed by atoms with van der Waals surface area (Å²) in [5.41, 5.74) is 6.41. The zero-order valence-corrected chi connectivity index (χ0v) is 21.2. The van der Waals surface area contributed by atoms with Gasteiger partial charge in [-0.2, -0.15) is 0 Å². The van der Waals surface area contributed by atoms with Gasteiger partial charge in [0.05, 0.1) is 22.4 Å². The number of hydrogen-bond acceptors (Lipinski definition) is 6. The van der Waals surface area contributed by atoms with E-state index in [2.05, 4.69) is 24.3 Å². The Kier molecular flexibility index (Phi) is 5.48. The summed E-state index contributed by atoms with van der Waals surface area (Å²) in [6.45, 7) is 0.586. The van der Waals surface area contributed by atoms with Crippen molar-refractivity contribution in [1.82, 2.24) is 5.06 Å². The number of imide groups is 1. The molecule has 0 fully saturated rings. The molecule has 1 aliphatic carbocycles. The first-order valence-corrected chi connectivity index (χ1v) is 13.0. The largest absolute Gasteiger partial charge is 0.448 e. The first kappa shape index (κ1) is 23.8.